The minimum absolute atomic E-state index is 0.275. The molecule has 0 aliphatic heterocycles. The van der Waals surface area contributed by atoms with Gasteiger partial charge in [-0.25, -0.2) is 0 Å². The molecule has 75 valence electrons. The van der Waals surface area contributed by atoms with Gasteiger partial charge in [0, 0.05) is 0 Å². The molecule has 0 bridgehead atoms. The first kappa shape index (κ1) is 12.2. The molecule has 0 fully saturated rings. The summed E-state index contributed by atoms with van der Waals surface area (Å²) in [5.41, 5.74) is 0. The van der Waals surface area contributed by atoms with Gasteiger partial charge in [-0.05, 0) is 6.92 Å². The zero-order valence-corrected chi connectivity index (χ0v) is 9.25. The van der Waals surface area contributed by atoms with Crippen LogP contribution >= 0.6 is 0 Å². The highest BCUT2D eigenvalue weighted by Gasteiger charge is 2.11. The van der Waals surface area contributed by atoms with Crippen LogP contribution in [0.4, 0.5) is 0 Å². The van der Waals surface area contributed by atoms with E-state index in [-0.39, 0.29) is 6.42 Å². The van der Waals surface area contributed by atoms with E-state index in [0.29, 0.717) is 12.8 Å². The molecule has 0 unspecified atom stereocenters. The van der Waals surface area contributed by atoms with Gasteiger partial charge < -0.3 is 9.47 Å². The van der Waals surface area contributed by atoms with E-state index in [1.165, 1.54) is 0 Å². The van der Waals surface area contributed by atoms with E-state index in [4.69, 9.17) is 4.74 Å². The van der Waals surface area contributed by atoms with Crippen LogP contribution in [-0.2, 0) is 19.1 Å². The second-order valence-electron chi connectivity index (χ2n) is 2.85. The third-order valence-electron chi connectivity index (χ3n) is 1.12. The minimum Gasteiger partial charge on any atom is -0.469 e. The molecule has 0 spiro atoms. The van der Waals surface area contributed by atoms with Crippen molar-refractivity contribution >= 4 is 20.7 Å². The van der Waals surface area contributed by atoms with Gasteiger partial charge in [0.25, 0.3) is 0 Å². The average Bonchev–Trinajstić information content (AvgIpc) is 2.01. The summed E-state index contributed by atoms with van der Waals surface area (Å²) >= 11 is 0. The van der Waals surface area contributed by atoms with Crippen molar-refractivity contribution in [2.24, 2.45) is 0 Å². The van der Waals surface area contributed by atoms with E-state index < -0.39 is 20.7 Å². The molecule has 0 rings (SSSR count). The molecular formula is C8H15O4Si. The van der Waals surface area contributed by atoms with Crippen LogP contribution in [0.5, 0.6) is 0 Å². The summed E-state index contributed by atoms with van der Waals surface area (Å²) in [7, 11) is -0.572. The lowest BCUT2D eigenvalue weighted by atomic mass is 10.4. The molecule has 0 saturated carbocycles. The highest BCUT2D eigenvalue weighted by molar-refractivity contribution is 6.55. The van der Waals surface area contributed by atoms with Gasteiger partial charge in [-0.1, -0.05) is 13.1 Å². The van der Waals surface area contributed by atoms with E-state index in [9.17, 15) is 9.59 Å². The van der Waals surface area contributed by atoms with Crippen LogP contribution in [0.2, 0.25) is 13.1 Å². The maximum absolute atomic E-state index is 10.9. The monoisotopic (exact) mass is 203 g/mol. The first-order valence-electron chi connectivity index (χ1n) is 4.16. The number of esters is 2. The fourth-order valence-electron chi connectivity index (χ4n) is 0.606. The maximum Gasteiger partial charge on any atom is 0.317 e. The van der Waals surface area contributed by atoms with Crippen molar-refractivity contribution in [3.63, 3.8) is 0 Å². The zero-order chi connectivity index (χ0) is 10.3. The minimum atomic E-state index is -0.572. The maximum atomic E-state index is 10.9. The Labute approximate surface area is 79.8 Å². The first-order chi connectivity index (χ1) is 6.06. The lowest BCUT2D eigenvalue weighted by Gasteiger charge is -2.05. The van der Waals surface area contributed by atoms with E-state index >= 15 is 0 Å². The smallest absolute Gasteiger partial charge is 0.317 e. The van der Waals surface area contributed by atoms with Crippen molar-refractivity contribution in [1.82, 2.24) is 0 Å². The number of hydrogen-bond donors (Lipinski definition) is 0. The third-order valence-corrected chi connectivity index (χ3v) is 1.84. The molecule has 0 aromatic rings. The summed E-state index contributed by atoms with van der Waals surface area (Å²) < 4.78 is 9.41. The van der Waals surface area contributed by atoms with Crippen molar-refractivity contribution in [3.05, 3.63) is 0 Å². The molecule has 0 aromatic heterocycles. The Hall–Kier alpha value is -0.843. The van der Waals surface area contributed by atoms with Crippen molar-refractivity contribution in [2.75, 3.05) is 12.8 Å². The summed E-state index contributed by atoms with van der Waals surface area (Å²) in [6.07, 6.45) is 0.173. The van der Waals surface area contributed by atoms with Gasteiger partial charge in [-0.3, -0.25) is 9.59 Å². The van der Waals surface area contributed by atoms with Crippen LogP contribution in [0.15, 0.2) is 0 Å². The van der Waals surface area contributed by atoms with Crippen LogP contribution in [-0.4, -0.2) is 33.6 Å². The van der Waals surface area contributed by atoms with Crippen LogP contribution in [0.25, 0.3) is 0 Å². The molecule has 0 amide bonds. The van der Waals surface area contributed by atoms with Gasteiger partial charge in [0.1, 0.15) is 6.42 Å². The molecule has 0 aliphatic rings. The standard InChI is InChI=1S/C8H15O4Si/c1-4-11-7(9)5-8(10)12-6-13(2)3/h4-6H2,1-3H3. The van der Waals surface area contributed by atoms with E-state index in [1.807, 2.05) is 13.1 Å². The van der Waals surface area contributed by atoms with E-state index in [0.717, 1.165) is 0 Å². The molecule has 0 saturated heterocycles. The number of carbonyl (C=O) groups excluding carboxylic acids is 2. The Morgan fingerprint density at radius 2 is 1.69 bits per heavy atom. The molecular weight excluding hydrogens is 188 g/mol. The second kappa shape index (κ2) is 6.65. The van der Waals surface area contributed by atoms with E-state index in [1.54, 1.807) is 6.92 Å². The molecule has 4 nitrogen and oxygen atoms in total. The van der Waals surface area contributed by atoms with Crippen molar-refractivity contribution in [2.45, 2.75) is 26.4 Å². The predicted molar refractivity (Wildman–Crippen MR) is 49.7 cm³/mol. The lowest BCUT2D eigenvalue weighted by molar-refractivity contribution is -0.153. The van der Waals surface area contributed by atoms with Crippen molar-refractivity contribution in [1.29, 1.82) is 0 Å². The Balaban J connectivity index is 3.56. The quantitative estimate of drug-likeness (QED) is 0.376. The molecule has 0 N–H and O–H groups in total. The molecule has 1 radical (unpaired) electrons. The predicted octanol–water partition coefficient (Wildman–Crippen LogP) is 0.776. The summed E-state index contributed by atoms with van der Waals surface area (Å²) in [5, 5.41) is 0. The van der Waals surface area contributed by atoms with Gasteiger partial charge in [-0.15, -0.1) is 0 Å². The van der Waals surface area contributed by atoms with Crippen LogP contribution < -0.4 is 0 Å². The van der Waals surface area contributed by atoms with Crippen molar-refractivity contribution < 1.29 is 19.1 Å². The van der Waals surface area contributed by atoms with Gasteiger partial charge >= 0.3 is 11.9 Å². The molecule has 0 aliphatic carbocycles. The van der Waals surface area contributed by atoms with Gasteiger partial charge in [0.05, 0.1) is 21.6 Å². The Morgan fingerprint density at radius 3 is 2.15 bits per heavy atom. The Morgan fingerprint density at radius 1 is 1.15 bits per heavy atom. The molecule has 5 heteroatoms. The Kier molecular flexibility index (Phi) is 6.22. The first-order valence-corrected chi connectivity index (χ1v) is 6.87. The van der Waals surface area contributed by atoms with Crippen LogP contribution in [0.3, 0.4) is 0 Å². The molecule has 0 atom stereocenters. The van der Waals surface area contributed by atoms with Gasteiger partial charge in [0.2, 0.25) is 0 Å². The van der Waals surface area contributed by atoms with Gasteiger partial charge in [0.15, 0.2) is 0 Å². The number of carbonyl (C=O) groups is 2. The van der Waals surface area contributed by atoms with Crippen molar-refractivity contribution in [3.8, 4) is 0 Å². The summed E-state index contributed by atoms with van der Waals surface area (Å²) in [4.78, 5) is 21.7. The molecule has 0 aromatic carbocycles. The highest BCUT2D eigenvalue weighted by Crippen LogP contribution is 1.92. The summed E-state index contributed by atoms with van der Waals surface area (Å²) in [5.74, 6) is -1.02. The normalized spacial score (nSPS) is 9.85. The second-order valence-corrected chi connectivity index (χ2v) is 5.55. The van der Waals surface area contributed by atoms with Gasteiger partial charge in [-0.2, -0.15) is 0 Å². The summed E-state index contributed by atoms with van der Waals surface area (Å²) in [6.45, 7) is 6.05. The Bertz CT molecular complexity index is 179. The highest BCUT2D eigenvalue weighted by atomic mass is 28.3. The van der Waals surface area contributed by atoms with Crippen LogP contribution in [0, 0.1) is 0 Å². The molecule has 13 heavy (non-hydrogen) atoms. The number of ether oxygens (including phenoxy) is 2. The third kappa shape index (κ3) is 7.52. The number of rotatable bonds is 5. The SMILES string of the molecule is CCOC(=O)CC(=O)OC[Si](C)C. The fraction of sp³-hybridized carbons (Fsp3) is 0.750. The molecule has 0 heterocycles. The summed E-state index contributed by atoms with van der Waals surface area (Å²) in [6, 6.07) is 0. The van der Waals surface area contributed by atoms with E-state index in [2.05, 4.69) is 4.74 Å². The fourth-order valence-corrected chi connectivity index (χ4v) is 1.06. The van der Waals surface area contributed by atoms with Crippen LogP contribution in [0.1, 0.15) is 13.3 Å². The number of hydrogen-bond acceptors (Lipinski definition) is 4. The lowest BCUT2D eigenvalue weighted by Crippen LogP contribution is -2.19. The zero-order valence-electron chi connectivity index (χ0n) is 8.25. The average molecular weight is 203 g/mol. The topological polar surface area (TPSA) is 52.6 Å². The largest absolute Gasteiger partial charge is 0.469 e.